The highest BCUT2D eigenvalue weighted by Gasteiger charge is 2.18. The van der Waals surface area contributed by atoms with E-state index in [9.17, 15) is 4.79 Å². The van der Waals surface area contributed by atoms with Gasteiger partial charge in [0.1, 0.15) is 11.4 Å². The van der Waals surface area contributed by atoms with Crippen LogP contribution in [-0.2, 0) is 4.74 Å². The van der Waals surface area contributed by atoms with E-state index < -0.39 is 11.7 Å². The van der Waals surface area contributed by atoms with Gasteiger partial charge in [0, 0.05) is 19.0 Å². The van der Waals surface area contributed by atoms with Crippen molar-refractivity contribution >= 4 is 29.7 Å². The summed E-state index contributed by atoms with van der Waals surface area (Å²) in [5, 5.41) is 3.06. The number of aromatic nitrogens is 1. The van der Waals surface area contributed by atoms with Crippen LogP contribution in [-0.4, -0.2) is 29.4 Å². The van der Waals surface area contributed by atoms with E-state index in [1.54, 1.807) is 33.1 Å². The molecule has 0 fully saturated rings. The van der Waals surface area contributed by atoms with Crippen molar-refractivity contribution in [3.05, 3.63) is 22.8 Å². The molecule has 1 amide bonds. The van der Waals surface area contributed by atoms with Gasteiger partial charge < -0.3 is 4.74 Å². The van der Waals surface area contributed by atoms with Gasteiger partial charge in [0.2, 0.25) is 0 Å². The van der Waals surface area contributed by atoms with Crippen LogP contribution in [0.3, 0.4) is 0 Å². The van der Waals surface area contributed by atoms with Crippen LogP contribution in [0.1, 0.15) is 39.7 Å². The van der Waals surface area contributed by atoms with Gasteiger partial charge in [0.15, 0.2) is 0 Å². The molecule has 0 atom stereocenters. The number of amides is 1. The second-order valence-electron chi connectivity index (χ2n) is 5.22. The molecule has 0 unspecified atom stereocenters. The third-order valence-corrected chi connectivity index (χ3v) is 2.46. The molecule has 1 aromatic heterocycles. The molecular weight excluding hydrogens is 278 g/mol. The van der Waals surface area contributed by atoms with E-state index >= 15 is 0 Å². The van der Waals surface area contributed by atoms with Gasteiger partial charge >= 0.3 is 6.09 Å². The summed E-state index contributed by atoms with van der Waals surface area (Å²) in [5.41, 5.74) is 0.00698. The summed E-state index contributed by atoms with van der Waals surface area (Å²) in [4.78, 5) is 20.1. The van der Waals surface area contributed by atoms with E-state index in [1.807, 2.05) is 6.92 Å². The molecule has 6 heteroatoms. The van der Waals surface area contributed by atoms with Crippen molar-refractivity contribution in [1.82, 2.24) is 4.98 Å². The molecule has 1 rings (SSSR count). The molecule has 5 nitrogen and oxygen atoms in total. The normalized spacial score (nSPS) is 11.7. The number of anilines is 1. The Hall–Kier alpha value is -1.62. The van der Waals surface area contributed by atoms with E-state index in [-0.39, 0.29) is 0 Å². The average molecular weight is 298 g/mol. The topological polar surface area (TPSA) is 63.6 Å². The molecule has 20 heavy (non-hydrogen) atoms. The SMILES string of the molecule is CCC/N=C/c1c(Cl)ccnc1NC(=O)OC(C)(C)C. The molecule has 0 aliphatic rings. The quantitative estimate of drug-likeness (QED) is 0.857. The molecule has 0 saturated carbocycles. The molecule has 1 aromatic rings. The molecule has 0 radical (unpaired) electrons. The van der Waals surface area contributed by atoms with Crippen molar-refractivity contribution in [3.8, 4) is 0 Å². The molecule has 1 heterocycles. The Balaban J connectivity index is 2.89. The number of rotatable bonds is 4. The Morgan fingerprint density at radius 3 is 2.85 bits per heavy atom. The van der Waals surface area contributed by atoms with Crippen molar-refractivity contribution in [2.45, 2.75) is 39.7 Å². The standard InChI is InChI=1S/C14H20ClN3O2/c1-5-7-16-9-10-11(15)6-8-17-12(10)18-13(19)20-14(2,3)4/h6,8-9H,5,7H2,1-4H3,(H,17,18,19)/b16-9+. The first kappa shape index (κ1) is 16.4. The summed E-state index contributed by atoms with van der Waals surface area (Å²) in [5.74, 6) is 0.339. The largest absolute Gasteiger partial charge is 0.444 e. The zero-order chi connectivity index (χ0) is 15.2. The third kappa shape index (κ3) is 5.57. The minimum atomic E-state index is -0.572. The second kappa shape index (κ2) is 7.24. The number of carbonyl (C=O) groups is 1. The van der Waals surface area contributed by atoms with Crippen LogP contribution in [0.4, 0.5) is 10.6 Å². The first-order valence-corrected chi connectivity index (χ1v) is 6.85. The van der Waals surface area contributed by atoms with Crippen molar-refractivity contribution in [1.29, 1.82) is 0 Å². The Bertz CT molecular complexity index is 496. The fourth-order valence-corrected chi connectivity index (χ4v) is 1.55. The van der Waals surface area contributed by atoms with E-state index in [4.69, 9.17) is 16.3 Å². The number of hydrogen-bond acceptors (Lipinski definition) is 4. The number of nitrogens with zero attached hydrogens (tertiary/aromatic N) is 2. The van der Waals surface area contributed by atoms with Crippen LogP contribution in [0.15, 0.2) is 17.3 Å². The maximum Gasteiger partial charge on any atom is 0.413 e. The minimum absolute atomic E-state index is 0.339. The Morgan fingerprint density at radius 2 is 2.25 bits per heavy atom. The maximum atomic E-state index is 11.8. The van der Waals surface area contributed by atoms with Gasteiger partial charge in [-0.2, -0.15) is 0 Å². The van der Waals surface area contributed by atoms with Crippen LogP contribution in [0.2, 0.25) is 5.02 Å². The third-order valence-electron chi connectivity index (χ3n) is 2.13. The first-order valence-electron chi connectivity index (χ1n) is 6.48. The van der Waals surface area contributed by atoms with E-state index in [1.165, 1.54) is 6.20 Å². The summed E-state index contributed by atoms with van der Waals surface area (Å²) in [6.07, 6.45) is 3.50. The van der Waals surface area contributed by atoms with Crippen molar-refractivity contribution in [3.63, 3.8) is 0 Å². The number of hydrogen-bond donors (Lipinski definition) is 1. The van der Waals surface area contributed by atoms with Crippen LogP contribution < -0.4 is 5.32 Å². The zero-order valence-corrected chi connectivity index (χ0v) is 13.0. The van der Waals surface area contributed by atoms with E-state index in [0.29, 0.717) is 22.9 Å². The lowest BCUT2D eigenvalue weighted by Crippen LogP contribution is -2.27. The number of pyridine rings is 1. The fourth-order valence-electron chi connectivity index (χ4n) is 1.36. The summed E-state index contributed by atoms with van der Waals surface area (Å²) in [7, 11) is 0. The molecule has 0 saturated heterocycles. The van der Waals surface area contributed by atoms with Gasteiger partial charge in [0.25, 0.3) is 0 Å². The molecule has 0 bridgehead atoms. The van der Waals surface area contributed by atoms with Gasteiger partial charge in [-0.25, -0.2) is 9.78 Å². The lowest BCUT2D eigenvalue weighted by atomic mass is 10.2. The number of aliphatic imine (C=N–C) groups is 1. The molecule has 0 aromatic carbocycles. The summed E-state index contributed by atoms with van der Waals surface area (Å²) in [6.45, 7) is 8.10. The molecule has 1 N–H and O–H groups in total. The van der Waals surface area contributed by atoms with Crippen LogP contribution >= 0.6 is 11.6 Å². The highest BCUT2D eigenvalue weighted by atomic mass is 35.5. The zero-order valence-electron chi connectivity index (χ0n) is 12.2. The number of nitrogens with one attached hydrogen (secondary N) is 1. The predicted octanol–water partition coefficient (Wildman–Crippen LogP) is 3.91. The average Bonchev–Trinajstić information content (AvgIpc) is 2.30. The van der Waals surface area contributed by atoms with E-state index in [0.717, 1.165) is 6.42 Å². The van der Waals surface area contributed by atoms with Crippen LogP contribution in [0, 0.1) is 0 Å². The molecule has 0 aliphatic heterocycles. The van der Waals surface area contributed by atoms with Gasteiger partial charge in [0.05, 0.1) is 10.6 Å². The molecule has 0 aliphatic carbocycles. The van der Waals surface area contributed by atoms with Gasteiger partial charge in [-0.15, -0.1) is 0 Å². The highest BCUT2D eigenvalue weighted by molar-refractivity contribution is 6.33. The monoisotopic (exact) mass is 297 g/mol. The van der Waals surface area contributed by atoms with Crippen molar-refractivity contribution in [2.75, 3.05) is 11.9 Å². The number of ether oxygens (including phenoxy) is 1. The van der Waals surface area contributed by atoms with Gasteiger partial charge in [-0.05, 0) is 33.3 Å². The lowest BCUT2D eigenvalue weighted by Gasteiger charge is -2.19. The summed E-state index contributed by atoms with van der Waals surface area (Å²) < 4.78 is 5.18. The Kier molecular flexibility index (Phi) is 5.95. The van der Waals surface area contributed by atoms with Gasteiger partial charge in [-0.3, -0.25) is 10.3 Å². The predicted molar refractivity (Wildman–Crippen MR) is 81.9 cm³/mol. The minimum Gasteiger partial charge on any atom is -0.444 e. The lowest BCUT2D eigenvalue weighted by molar-refractivity contribution is 0.0635. The van der Waals surface area contributed by atoms with Crippen molar-refractivity contribution < 1.29 is 9.53 Å². The summed E-state index contributed by atoms with van der Waals surface area (Å²) >= 11 is 6.10. The Morgan fingerprint density at radius 1 is 1.55 bits per heavy atom. The molecule has 0 spiro atoms. The summed E-state index contributed by atoms with van der Waals surface area (Å²) in [6, 6.07) is 1.65. The van der Waals surface area contributed by atoms with E-state index in [2.05, 4.69) is 15.3 Å². The maximum absolute atomic E-state index is 11.8. The van der Waals surface area contributed by atoms with Crippen LogP contribution in [0.25, 0.3) is 0 Å². The highest BCUT2D eigenvalue weighted by Crippen LogP contribution is 2.21. The first-order chi connectivity index (χ1) is 9.33. The second-order valence-corrected chi connectivity index (χ2v) is 5.62. The molecule has 110 valence electrons. The van der Waals surface area contributed by atoms with Crippen molar-refractivity contribution in [2.24, 2.45) is 4.99 Å². The van der Waals surface area contributed by atoms with Crippen LogP contribution in [0.5, 0.6) is 0 Å². The fraction of sp³-hybridized carbons (Fsp3) is 0.500. The number of carbonyl (C=O) groups excluding carboxylic acids is 1. The molecular formula is C14H20ClN3O2. The number of halogens is 1. The Labute approximate surface area is 124 Å². The smallest absolute Gasteiger partial charge is 0.413 e. The van der Waals surface area contributed by atoms with Gasteiger partial charge in [-0.1, -0.05) is 18.5 Å².